The summed E-state index contributed by atoms with van der Waals surface area (Å²) in [6.07, 6.45) is 6.64. The summed E-state index contributed by atoms with van der Waals surface area (Å²) in [4.78, 5) is 18.9. The van der Waals surface area contributed by atoms with Crippen molar-refractivity contribution in [2.45, 2.75) is 19.3 Å². The van der Waals surface area contributed by atoms with E-state index in [9.17, 15) is 4.79 Å². The smallest absolute Gasteiger partial charge is 0.271 e. The molecule has 1 fully saturated rings. The van der Waals surface area contributed by atoms with Gasteiger partial charge in [-0.25, -0.2) is 0 Å². The highest BCUT2D eigenvalue weighted by Crippen LogP contribution is 2.25. The lowest BCUT2D eigenvalue weighted by atomic mass is 9.89. The van der Waals surface area contributed by atoms with Crippen molar-refractivity contribution in [3.8, 4) is 0 Å². The fourth-order valence-electron chi connectivity index (χ4n) is 3.62. The fourth-order valence-corrected chi connectivity index (χ4v) is 3.62. The lowest BCUT2D eigenvalue weighted by Gasteiger charge is -2.32. The number of nitrogens with one attached hydrogen (secondary N) is 1. The summed E-state index contributed by atoms with van der Waals surface area (Å²) in [5.74, 6) is 0.535. The number of carbonyl (C=O) groups excluding carboxylic acids is 1. The van der Waals surface area contributed by atoms with Crippen molar-refractivity contribution in [1.82, 2.24) is 20.1 Å². The summed E-state index contributed by atoms with van der Waals surface area (Å²) < 4.78 is 0. The number of likely N-dealkylation sites (tertiary alicyclic amines) is 1. The minimum absolute atomic E-state index is 0.0526. The number of pyridine rings is 1. The molecule has 1 amide bonds. The molecule has 122 valence electrons. The first kappa shape index (κ1) is 14.9. The Morgan fingerprint density at radius 1 is 1.21 bits per heavy atom. The van der Waals surface area contributed by atoms with Gasteiger partial charge in [0.1, 0.15) is 5.69 Å². The molecule has 0 saturated carbocycles. The molecule has 0 aliphatic carbocycles. The zero-order chi connectivity index (χ0) is 16.4. The zero-order valence-electron chi connectivity index (χ0n) is 13.5. The number of hydrogen-bond acceptors (Lipinski definition) is 3. The number of aromatic amines is 1. The SMILES string of the molecule is O=C(c1ccn[nH]1)N1CCCC(Cc2cccc3ncccc23)C1. The van der Waals surface area contributed by atoms with Crippen LogP contribution in [0.5, 0.6) is 0 Å². The summed E-state index contributed by atoms with van der Waals surface area (Å²) in [6, 6.07) is 12.2. The van der Waals surface area contributed by atoms with Crippen LogP contribution in [0.1, 0.15) is 28.9 Å². The first-order valence-corrected chi connectivity index (χ1v) is 8.42. The molecule has 0 bridgehead atoms. The third-order valence-electron chi connectivity index (χ3n) is 4.78. The number of nitrogens with zero attached hydrogens (tertiary/aromatic N) is 3. The first-order valence-electron chi connectivity index (χ1n) is 8.42. The van der Waals surface area contributed by atoms with Crippen molar-refractivity contribution < 1.29 is 4.79 Å². The van der Waals surface area contributed by atoms with Gasteiger partial charge in [0.05, 0.1) is 5.52 Å². The van der Waals surface area contributed by atoms with E-state index in [0.717, 1.165) is 37.9 Å². The number of piperidine rings is 1. The predicted molar refractivity (Wildman–Crippen MR) is 92.7 cm³/mol. The average molecular weight is 320 g/mol. The summed E-state index contributed by atoms with van der Waals surface area (Å²) in [7, 11) is 0. The van der Waals surface area contributed by atoms with Crippen molar-refractivity contribution in [1.29, 1.82) is 0 Å². The molecular weight excluding hydrogens is 300 g/mol. The molecule has 3 aromatic rings. The lowest BCUT2D eigenvalue weighted by molar-refractivity contribution is 0.0667. The minimum atomic E-state index is 0.0526. The molecule has 1 atom stereocenters. The molecule has 1 unspecified atom stereocenters. The van der Waals surface area contributed by atoms with Gasteiger partial charge in [-0.1, -0.05) is 18.2 Å². The van der Waals surface area contributed by atoms with Gasteiger partial charge in [0, 0.05) is 30.9 Å². The van der Waals surface area contributed by atoms with E-state index in [0.29, 0.717) is 11.6 Å². The standard InChI is InChI=1S/C19H20N4O/c24-19(18-8-10-21-22-18)23-11-3-4-14(13-23)12-15-5-1-7-17-16(15)6-2-9-20-17/h1-2,5-10,14H,3-4,11-13H2,(H,21,22). The zero-order valence-corrected chi connectivity index (χ0v) is 13.5. The Labute approximate surface area is 140 Å². The topological polar surface area (TPSA) is 61.9 Å². The van der Waals surface area contributed by atoms with E-state index >= 15 is 0 Å². The van der Waals surface area contributed by atoms with E-state index in [1.807, 2.05) is 23.2 Å². The Bertz CT molecular complexity index is 838. The highest BCUT2D eigenvalue weighted by atomic mass is 16.2. The Morgan fingerprint density at radius 2 is 2.17 bits per heavy atom. The van der Waals surface area contributed by atoms with E-state index < -0.39 is 0 Å². The maximum absolute atomic E-state index is 12.5. The van der Waals surface area contributed by atoms with E-state index in [-0.39, 0.29) is 5.91 Å². The van der Waals surface area contributed by atoms with Crippen molar-refractivity contribution in [2.24, 2.45) is 5.92 Å². The quantitative estimate of drug-likeness (QED) is 0.807. The van der Waals surface area contributed by atoms with Crippen LogP contribution < -0.4 is 0 Å². The first-order chi connectivity index (χ1) is 11.8. The lowest BCUT2D eigenvalue weighted by Crippen LogP contribution is -2.40. The van der Waals surface area contributed by atoms with Crippen LogP contribution in [0.4, 0.5) is 0 Å². The molecule has 1 aromatic carbocycles. The number of rotatable bonds is 3. The fraction of sp³-hybridized carbons (Fsp3) is 0.316. The second-order valence-electron chi connectivity index (χ2n) is 6.42. The van der Waals surface area contributed by atoms with Crippen molar-refractivity contribution >= 4 is 16.8 Å². The Morgan fingerprint density at radius 3 is 3.04 bits per heavy atom. The molecule has 2 aromatic heterocycles. The van der Waals surface area contributed by atoms with Gasteiger partial charge in [-0.15, -0.1) is 0 Å². The Balaban J connectivity index is 1.51. The second kappa shape index (κ2) is 6.43. The van der Waals surface area contributed by atoms with Crippen LogP contribution >= 0.6 is 0 Å². The molecule has 1 N–H and O–H groups in total. The van der Waals surface area contributed by atoms with Gasteiger partial charge in [-0.2, -0.15) is 5.10 Å². The normalized spacial score (nSPS) is 18.0. The molecule has 0 radical (unpaired) electrons. The molecule has 3 heterocycles. The van der Waals surface area contributed by atoms with E-state index in [1.54, 1.807) is 12.3 Å². The van der Waals surface area contributed by atoms with Crippen LogP contribution in [0, 0.1) is 5.92 Å². The van der Waals surface area contributed by atoms with Crippen molar-refractivity contribution in [2.75, 3.05) is 13.1 Å². The van der Waals surface area contributed by atoms with Crippen molar-refractivity contribution in [3.63, 3.8) is 0 Å². The number of carbonyl (C=O) groups is 1. The van der Waals surface area contributed by atoms with Gasteiger partial charge in [-0.05, 0) is 48.9 Å². The summed E-state index contributed by atoms with van der Waals surface area (Å²) in [5.41, 5.74) is 2.93. The molecular formula is C19H20N4O. The number of hydrogen-bond donors (Lipinski definition) is 1. The van der Waals surface area contributed by atoms with Crippen LogP contribution in [0.3, 0.4) is 0 Å². The largest absolute Gasteiger partial charge is 0.337 e. The van der Waals surface area contributed by atoms with Crippen LogP contribution in [-0.4, -0.2) is 39.1 Å². The van der Waals surface area contributed by atoms with Gasteiger partial charge < -0.3 is 4.90 Å². The molecule has 1 aliphatic heterocycles. The number of H-pyrrole nitrogens is 1. The maximum Gasteiger partial charge on any atom is 0.271 e. The molecule has 0 spiro atoms. The van der Waals surface area contributed by atoms with Crippen molar-refractivity contribution in [3.05, 3.63) is 60.0 Å². The van der Waals surface area contributed by atoms with Gasteiger partial charge in [0.25, 0.3) is 5.91 Å². The molecule has 24 heavy (non-hydrogen) atoms. The molecule has 1 aliphatic rings. The third-order valence-corrected chi connectivity index (χ3v) is 4.78. The van der Waals surface area contributed by atoms with Gasteiger partial charge in [0.2, 0.25) is 0 Å². The highest BCUT2D eigenvalue weighted by Gasteiger charge is 2.25. The average Bonchev–Trinajstić information content (AvgIpc) is 3.16. The van der Waals surface area contributed by atoms with Crippen LogP contribution in [0.2, 0.25) is 0 Å². The highest BCUT2D eigenvalue weighted by molar-refractivity contribution is 5.92. The number of aromatic nitrogens is 3. The van der Waals surface area contributed by atoms with Gasteiger partial charge in [0.15, 0.2) is 0 Å². The van der Waals surface area contributed by atoms with Gasteiger partial charge in [-0.3, -0.25) is 14.9 Å². The molecule has 4 rings (SSSR count). The van der Waals surface area contributed by atoms with Crippen LogP contribution in [0.25, 0.3) is 10.9 Å². The monoisotopic (exact) mass is 320 g/mol. The Hall–Kier alpha value is -2.69. The van der Waals surface area contributed by atoms with Gasteiger partial charge >= 0.3 is 0 Å². The maximum atomic E-state index is 12.5. The van der Waals surface area contributed by atoms with E-state index in [1.165, 1.54) is 10.9 Å². The third kappa shape index (κ3) is 2.89. The Kier molecular flexibility index (Phi) is 3.99. The van der Waals surface area contributed by atoms with Crippen LogP contribution in [0.15, 0.2) is 48.8 Å². The minimum Gasteiger partial charge on any atom is -0.337 e. The summed E-state index contributed by atoms with van der Waals surface area (Å²) >= 11 is 0. The summed E-state index contributed by atoms with van der Waals surface area (Å²) in [5, 5.41) is 7.87. The molecule has 1 saturated heterocycles. The number of fused-ring (bicyclic) bond motifs is 1. The predicted octanol–water partition coefficient (Wildman–Crippen LogP) is 3.05. The number of amides is 1. The number of benzene rings is 1. The molecule has 5 heteroatoms. The van der Waals surface area contributed by atoms with Crippen LogP contribution in [-0.2, 0) is 6.42 Å². The second-order valence-corrected chi connectivity index (χ2v) is 6.42. The van der Waals surface area contributed by atoms with E-state index in [4.69, 9.17) is 0 Å². The van der Waals surface area contributed by atoms with E-state index in [2.05, 4.69) is 33.4 Å². The molecule has 5 nitrogen and oxygen atoms in total. The summed E-state index contributed by atoms with van der Waals surface area (Å²) in [6.45, 7) is 1.62.